The Kier molecular flexibility index (Phi) is 5.66. The van der Waals surface area contributed by atoms with Crippen LogP contribution in [0.1, 0.15) is 0 Å². The highest BCUT2D eigenvalue weighted by Crippen LogP contribution is 2.30. The average Bonchev–Trinajstić information content (AvgIpc) is 2.55. The lowest BCUT2D eigenvalue weighted by Crippen LogP contribution is -2.16. The largest absolute Gasteiger partial charge is 0.708 e. The fourth-order valence-electron chi connectivity index (χ4n) is 2.07. The normalized spacial score (nSPS) is 16.0. The van der Waals surface area contributed by atoms with Gasteiger partial charge in [0, 0.05) is 43.1 Å². The lowest BCUT2D eigenvalue weighted by molar-refractivity contribution is -0.633. The molecule has 0 spiro atoms. The van der Waals surface area contributed by atoms with Crippen LogP contribution >= 0.6 is 0 Å². The van der Waals surface area contributed by atoms with Crippen LogP contribution in [0.3, 0.4) is 0 Å². The fraction of sp³-hybridized carbons (Fsp3) is 0.250. The van der Waals surface area contributed by atoms with E-state index in [1.807, 2.05) is 68.0 Å². The zero-order chi connectivity index (χ0) is 17.9. The molecular formula is C16H19N3O3S2. The zero-order valence-corrected chi connectivity index (χ0v) is 15.6. The summed E-state index contributed by atoms with van der Waals surface area (Å²) in [5.41, 5.74) is 2.80. The molecule has 24 heavy (non-hydrogen) atoms. The number of aliphatic imine (C=N–C) groups is 1. The SMILES string of the molecule is CN(C)c1ccc(N=C2C=CC(=[N+](C)C)C=C2)c(S(=O)(=S)O[O-])c1. The maximum absolute atomic E-state index is 12.3. The molecule has 8 heteroatoms. The highest BCUT2D eigenvalue weighted by atomic mass is 32.8. The summed E-state index contributed by atoms with van der Waals surface area (Å²) in [6, 6.07) is 5.06. The molecule has 0 fully saturated rings. The van der Waals surface area contributed by atoms with Crippen molar-refractivity contribution in [3.8, 4) is 0 Å². The third-order valence-corrected chi connectivity index (χ3v) is 5.18. The molecule has 0 radical (unpaired) electrons. The van der Waals surface area contributed by atoms with Crippen LogP contribution in [0.2, 0.25) is 0 Å². The minimum Gasteiger partial charge on any atom is -0.708 e. The van der Waals surface area contributed by atoms with Crippen molar-refractivity contribution in [2.45, 2.75) is 4.90 Å². The topological polar surface area (TPSA) is 68.0 Å². The van der Waals surface area contributed by atoms with Gasteiger partial charge < -0.3 is 14.5 Å². The van der Waals surface area contributed by atoms with Crippen LogP contribution < -0.4 is 10.2 Å². The van der Waals surface area contributed by atoms with Crippen LogP contribution in [0.5, 0.6) is 0 Å². The zero-order valence-electron chi connectivity index (χ0n) is 13.9. The second-order valence-corrected chi connectivity index (χ2v) is 8.39. The lowest BCUT2D eigenvalue weighted by Gasteiger charge is -2.18. The number of rotatable bonds is 4. The molecule has 1 aliphatic rings. The quantitative estimate of drug-likeness (QED) is 0.344. The summed E-state index contributed by atoms with van der Waals surface area (Å²) >= 11 is 4.82. The van der Waals surface area contributed by atoms with Gasteiger partial charge in [0.25, 0.3) is 0 Å². The molecule has 1 unspecified atom stereocenters. The predicted octanol–water partition coefficient (Wildman–Crippen LogP) is 0.976. The molecule has 0 aromatic heterocycles. The van der Waals surface area contributed by atoms with E-state index in [4.69, 9.17) is 11.2 Å². The minimum atomic E-state index is -3.58. The Morgan fingerprint density at radius 1 is 1.21 bits per heavy atom. The van der Waals surface area contributed by atoms with E-state index in [0.717, 1.165) is 11.4 Å². The van der Waals surface area contributed by atoms with Gasteiger partial charge >= 0.3 is 0 Å². The Bertz CT molecular complexity index is 845. The average molecular weight is 365 g/mol. The lowest BCUT2D eigenvalue weighted by atomic mass is 10.1. The molecule has 1 aromatic rings. The number of benzene rings is 1. The van der Waals surface area contributed by atoms with Crippen molar-refractivity contribution >= 4 is 42.8 Å². The first kappa shape index (κ1) is 18.5. The molecule has 0 aliphatic heterocycles. The predicted molar refractivity (Wildman–Crippen MR) is 98.1 cm³/mol. The molecule has 0 saturated heterocycles. The molecular weight excluding hydrogens is 346 g/mol. The highest BCUT2D eigenvalue weighted by molar-refractivity contribution is 8.30. The van der Waals surface area contributed by atoms with Crippen LogP contribution in [0.15, 0.2) is 52.4 Å². The van der Waals surface area contributed by atoms with Gasteiger partial charge in [0.05, 0.1) is 16.3 Å². The molecule has 1 aliphatic carbocycles. The monoisotopic (exact) mass is 365 g/mol. The van der Waals surface area contributed by atoms with Crippen molar-refractivity contribution in [1.82, 2.24) is 0 Å². The van der Waals surface area contributed by atoms with Gasteiger partial charge in [0.2, 0.25) is 0 Å². The molecule has 0 bridgehead atoms. The Balaban J connectivity index is 2.52. The molecule has 6 nitrogen and oxygen atoms in total. The van der Waals surface area contributed by atoms with Crippen molar-refractivity contribution in [2.75, 3.05) is 33.1 Å². The molecule has 0 N–H and O–H groups in total. The highest BCUT2D eigenvalue weighted by Gasteiger charge is 2.15. The van der Waals surface area contributed by atoms with Gasteiger partial charge in [-0.3, -0.25) is 0 Å². The first-order chi connectivity index (χ1) is 11.2. The molecule has 1 aromatic carbocycles. The summed E-state index contributed by atoms with van der Waals surface area (Å²) in [6.45, 7) is 0. The Hall–Kier alpha value is -1.87. The van der Waals surface area contributed by atoms with Gasteiger partial charge in [-0.15, -0.1) is 0 Å². The van der Waals surface area contributed by atoms with Crippen LogP contribution in [-0.2, 0) is 24.3 Å². The molecule has 2 rings (SSSR count). The van der Waals surface area contributed by atoms with Gasteiger partial charge in [-0.1, -0.05) is 0 Å². The smallest absolute Gasteiger partial charge is 0.199 e. The maximum Gasteiger partial charge on any atom is 0.199 e. The number of anilines is 1. The Labute approximate surface area is 146 Å². The second-order valence-electron chi connectivity index (χ2n) is 5.59. The van der Waals surface area contributed by atoms with E-state index in [2.05, 4.69) is 9.33 Å². The van der Waals surface area contributed by atoms with Crippen molar-refractivity contribution in [3.63, 3.8) is 0 Å². The van der Waals surface area contributed by atoms with E-state index in [-0.39, 0.29) is 4.90 Å². The maximum atomic E-state index is 12.3. The van der Waals surface area contributed by atoms with Crippen molar-refractivity contribution < 1.29 is 18.4 Å². The first-order valence-electron chi connectivity index (χ1n) is 7.11. The van der Waals surface area contributed by atoms with E-state index in [0.29, 0.717) is 11.4 Å². The van der Waals surface area contributed by atoms with E-state index in [1.165, 1.54) is 0 Å². The first-order valence-corrected chi connectivity index (χ1v) is 9.52. The van der Waals surface area contributed by atoms with Gasteiger partial charge in [-0.25, -0.2) is 13.8 Å². The van der Waals surface area contributed by atoms with Gasteiger partial charge in [0.15, 0.2) is 14.5 Å². The molecule has 0 amide bonds. The molecule has 1 atom stereocenters. The van der Waals surface area contributed by atoms with E-state index >= 15 is 0 Å². The van der Waals surface area contributed by atoms with E-state index in [1.54, 1.807) is 12.1 Å². The van der Waals surface area contributed by atoms with E-state index in [9.17, 15) is 9.47 Å². The second kappa shape index (κ2) is 7.35. The van der Waals surface area contributed by atoms with Crippen molar-refractivity contribution in [1.29, 1.82) is 0 Å². The van der Waals surface area contributed by atoms with Crippen LogP contribution in [0.25, 0.3) is 0 Å². The number of hydrogen-bond acceptors (Lipinski definition) is 6. The molecule has 0 heterocycles. The standard InChI is InChI=1S/C16H19N3O3S2/c1-18(2)13-7-5-12(6-8-13)17-15-10-9-14(19(3)4)11-16(15)24(21,23)22-20/h5-11H,1-4H3. The fourth-order valence-corrected chi connectivity index (χ4v) is 3.18. The van der Waals surface area contributed by atoms with Gasteiger partial charge in [-0.05, 0) is 30.4 Å². The molecule has 128 valence electrons. The summed E-state index contributed by atoms with van der Waals surface area (Å²) < 4.78 is 18.1. The number of allylic oxidation sites excluding steroid dienone is 4. The minimum absolute atomic E-state index is 0.107. The van der Waals surface area contributed by atoms with Crippen molar-refractivity contribution in [3.05, 3.63) is 42.5 Å². The summed E-state index contributed by atoms with van der Waals surface area (Å²) in [6.07, 6.45) is 7.51. The number of nitrogens with zero attached hydrogens (tertiary/aromatic N) is 3. The Morgan fingerprint density at radius 3 is 2.33 bits per heavy atom. The van der Waals surface area contributed by atoms with Gasteiger partial charge in [-0.2, -0.15) is 0 Å². The molecule has 0 saturated carbocycles. The van der Waals surface area contributed by atoms with Crippen LogP contribution in [0, 0.1) is 0 Å². The Morgan fingerprint density at radius 2 is 1.83 bits per heavy atom. The number of hydrogen-bond donors (Lipinski definition) is 0. The van der Waals surface area contributed by atoms with E-state index < -0.39 is 8.77 Å². The summed E-state index contributed by atoms with van der Waals surface area (Å²) in [4.78, 5) is 6.38. The van der Waals surface area contributed by atoms with Crippen LogP contribution in [-0.4, -0.2) is 48.4 Å². The third kappa shape index (κ3) is 4.15. The summed E-state index contributed by atoms with van der Waals surface area (Å²) in [5.74, 6) is 0. The van der Waals surface area contributed by atoms with Crippen molar-refractivity contribution in [2.24, 2.45) is 4.99 Å². The van der Waals surface area contributed by atoms with Gasteiger partial charge in [0.1, 0.15) is 14.1 Å². The van der Waals surface area contributed by atoms with Crippen LogP contribution in [0.4, 0.5) is 11.4 Å². The third-order valence-electron chi connectivity index (χ3n) is 3.43. The summed E-state index contributed by atoms with van der Waals surface area (Å²) in [5, 5.41) is 10.8. The summed E-state index contributed by atoms with van der Waals surface area (Å²) in [7, 11) is 3.98.